The molecule has 15 heavy (non-hydrogen) atoms. The summed E-state index contributed by atoms with van der Waals surface area (Å²) >= 11 is 0. The van der Waals surface area contributed by atoms with Crippen molar-refractivity contribution in [2.24, 2.45) is 0 Å². The van der Waals surface area contributed by atoms with Crippen LogP contribution in [0.2, 0.25) is 0 Å². The molecule has 0 aliphatic heterocycles. The highest BCUT2D eigenvalue weighted by atomic mass is 15.1. The van der Waals surface area contributed by atoms with Crippen LogP contribution in [0.5, 0.6) is 0 Å². The van der Waals surface area contributed by atoms with E-state index < -0.39 is 0 Å². The van der Waals surface area contributed by atoms with Gasteiger partial charge in [-0.15, -0.1) is 0 Å². The van der Waals surface area contributed by atoms with E-state index in [0.717, 1.165) is 6.54 Å². The maximum atomic E-state index is 2.45. The number of nitrogens with zero attached hydrogens (tertiary/aromatic N) is 1. The van der Waals surface area contributed by atoms with Gasteiger partial charge in [-0.25, -0.2) is 0 Å². The van der Waals surface area contributed by atoms with Crippen molar-refractivity contribution in [1.82, 2.24) is 0 Å². The van der Waals surface area contributed by atoms with E-state index in [2.05, 4.69) is 63.8 Å². The van der Waals surface area contributed by atoms with Crippen LogP contribution in [-0.2, 0) is 0 Å². The van der Waals surface area contributed by atoms with E-state index in [1.807, 2.05) is 0 Å². The predicted octanol–water partition coefficient (Wildman–Crippen LogP) is 4.04. The first-order chi connectivity index (χ1) is 7.07. The van der Waals surface area contributed by atoms with Gasteiger partial charge in [0.1, 0.15) is 0 Å². The Hall–Kier alpha value is -0.980. The SMILES string of the molecule is CCN(c1ccccc1C(C)C)C(C)C. The molecule has 1 heteroatoms. The van der Waals surface area contributed by atoms with Crippen molar-refractivity contribution in [2.45, 2.75) is 46.6 Å². The Bertz CT molecular complexity index is 302. The van der Waals surface area contributed by atoms with Crippen molar-refractivity contribution in [3.63, 3.8) is 0 Å². The van der Waals surface area contributed by atoms with E-state index in [0.29, 0.717) is 12.0 Å². The zero-order valence-corrected chi connectivity index (χ0v) is 10.6. The summed E-state index contributed by atoms with van der Waals surface area (Å²) in [4.78, 5) is 2.45. The van der Waals surface area contributed by atoms with Gasteiger partial charge in [-0.3, -0.25) is 0 Å². The molecule has 0 radical (unpaired) electrons. The first-order valence-corrected chi connectivity index (χ1v) is 5.93. The minimum Gasteiger partial charge on any atom is -0.369 e. The minimum atomic E-state index is 0.565. The van der Waals surface area contributed by atoms with E-state index in [9.17, 15) is 0 Å². The molecule has 0 atom stereocenters. The molecular formula is C14H23N. The molecule has 0 N–H and O–H groups in total. The Morgan fingerprint density at radius 2 is 1.67 bits per heavy atom. The summed E-state index contributed by atoms with van der Waals surface area (Å²) in [5.41, 5.74) is 2.85. The molecule has 0 saturated heterocycles. The molecule has 0 amide bonds. The van der Waals surface area contributed by atoms with Crippen LogP contribution in [0.3, 0.4) is 0 Å². The van der Waals surface area contributed by atoms with E-state index in [1.54, 1.807) is 0 Å². The Morgan fingerprint density at radius 1 is 1.07 bits per heavy atom. The van der Waals surface area contributed by atoms with Crippen LogP contribution in [-0.4, -0.2) is 12.6 Å². The highest BCUT2D eigenvalue weighted by Crippen LogP contribution is 2.28. The van der Waals surface area contributed by atoms with E-state index >= 15 is 0 Å². The molecule has 1 aromatic rings. The van der Waals surface area contributed by atoms with Crippen molar-refractivity contribution in [3.8, 4) is 0 Å². The quantitative estimate of drug-likeness (QED) is 0.717. The van der Waals surface area contributed by atoms with Gasteiger partial charge >= 0.3 is 0 Å². The molecule has 1 rings (SSSR count). The predicted molar refractivity (Wildman–Crippen MR) is 68.7 cm³/mol. The van der Waals surface area contributed by atoms with Gasteiger partial charge in [0.15, 0.2) is 0 Å². The maximum absolute atomic E-state index is 2.45. The number of para-hydroxylation sites is 1. The lowest BCUT2D eigenvalue weighted by Crippen LogP contribution is -2.31. The molecule has 0 fully saturated rings. The summed E-state index contributed by atoms with van der Waals surface area (Å²) in [5.74, 6) is 0.592. The average Bonchev–Trinajstić information content (AvgIpc) is 2.18. The monoisotopic (exact) mass is 205 g/mol. The van der Waals surface area contributed by atoms with Gasteiger partial charge in [-0.2, -0.15) is 0 Å². The van der Waals surface area contributed by atoms with E-state index in [1.165, 1.54) is 11.3 Å². The highest BCUT2D eigenvalue weighted by molar-refractivity contribution is 5.55. The molecule has 0 aromatic heterocycles. The minimum absolute atomic E-state index is 0.565. The van der Waals surface area contributed by atoms with Gasteiger partial charge in [-0.05, 0) is 38.3 Å². The van der Waals surface area contributed by atoms with Crippen molar-refractivity contribution < 1.29 is 0 Å². The second-order valence-electron chi connectivity index (χ2n) is 4.59. The fraction of sp³-hybridized carbons (Fsp3) is 0.571. The van der Waals surface area contributed by atoms with Crippen LogP contribution < -0.4 is 4.90 Å². The third-order valence-corrected chi connectivity index (χ3v) is 2.83. The summed E-state index contributed by atoms with van der Waals surface area (Å²) in [6, 6.07) is 9.30. The standard InChI is InChI=1S/C14H23N/c1-6-15(12(4)5)14-10-8-7-9-13(14)11(2)3/h7-12H,6H2,1-5H3. The maximum Gasteiger partial charge on any atom is 0.0403 e. The number of benzene rings is 1. The Morgan fingerprint density at radius 3 is 2.13 bits per heavy atom. The van der Waals surface area contributed by atoms with Gasteiger partial charge in [0.2, 0.25) is 0 Å². The molecule has 0 spiro atoms. The summed E-state index contributed by atoms with van der Waals surface area (Å²) in [6.07, 6.45) is 0. The number of rotatable bonds is 4. The van der Waals surface area contributed by atoms with Crippen LogP contribution in [0, 0.1) is 0 Å². The van der Waals surface area contributed by atoms with Crippen LogP contribution in [0.4, 0.5) is 5.69 Å². The lowest BCUT2D eigenvalue weighted by atomic mass is 10.00. The lowest BCUT2D eigenvalue weighted by Gasteiger charge is -2.30. The second kappa shape index (κ2) is 5.20. The molecule has 0 saturated carbocycles. The zero-order chi connectivity index (χ0) is 11.4. The van der Waals surface area contributed by atoms with Gasteiger partial charge < -0.3 is 4.90 Å². The summed E-state index contributed by atoms with van der Waals surface area (Å²) in [6.45, 7) is 12.3. The molecule has 0 unspecified atom stereocenters. The summed E-state index contributed by atoms with van der Waals surface area (Å²) in [5, 5.41) is 0. The van der Waals surface area contributed by atoms with Gasteiger partial charge in [0.05, 0.1) is 0 Å². The normalized spacial score (nSPS) is 11.1. The summed E-state index contributed by atoms with van der Waals surface area (Å²) in [7, 11) is 0. The van der Waals surface area contributed by atoms with Crippen LogP contribution in [0.15, 0.2) is 24.3 Å². The molecule has 1 nitrogen and oxygen atoms in total. The van der Waals surface area contributed by atoms with Crippen molar-refractivity contribution in [2.75, 3.05) is 11.4 Å². The van der Waals surface area contributed by atoms with Gasteiger partial charge in [0, 0.05) is 18.3 Å². The molecule has 1 aromatic carbocycles. The third-order valence-electron chi connectivity index (χ3n) is 2.83. The molecule has 0 aliphatic carbocycles. The first-order valence-electron chi connectivity index (χ1n) is 5.93. The fourth-order valence-corrected chi connectivity index (χ4v) is 2.05. The summed E-state index contributed by atoms with van der Waals surface area (Å²) < 4.78 is 0. The molecule has 0 aliphatic rings. The number of anilines is 1. The van der Waals surface area contributed by atoms with Crippen LogP contribution in [0.25, 0.3) is 0 Å². The third kappa shape index (κ3) is 2.74. The number of hydrogen-bond donors (Lipinski definition) is 0. The second-order valence-corrected chi connectivity index (χ2v) is 4.59. The molecular weight excluding hydrogens is 182 g/mol. The van der Waals surface area contributed by atoms with E-state index in [-0.39, 0.29) is 0 Å². The average molecular weight is 205 g/mol. The fourth-order valence-electron chi connectivity index (χ4n) is 2.05. The van der Waals surface area contributed by atoms with Crippen molar-refractivity contribution in [1.29, 1.82) is 0 Å². The molecule has 0 heterocycles. The largest absolute Gasteiger partial charge is 0.369 e. The zero-order valence-electron chi connectivity index (χ0n) is 10.6. The van der Waals surface area contributed by atoms with Gasteiger partial charge in [0.25, 0.3) is 0 Å². The molecule has 0 bridgehead atoms. The van der Waals surface area contributed by atoms with Crippen LogP contribution in [0.1, 0.15) is 46.1 Å². The van der Waals surface area contributed by atoms with E-state index in [4.69, 9.17) is 0 Å². The Labute approximate surface area is 94.1 Å². The highest BCUT2D eigenvalue weighted by Gasteiger charge is 2.13. The lowest BCUT2D eigenvalue weighted by molar-refractivity contribution is 0.694. The van der Waals surface area contributed by atoms with Gasteiger partial charge in [-0.1, -0.05) is 32.0 Å². The number of hydrogen-bond acceptors (Lipinski definition) is 1. The first kappa shape index (κ1) is 12.1. The van der Waals surface area contributed by atoms with Crippen molar-refractivity contribution in [3.05, 3.63) is 29.8 Å². The van der Waals surface area contributed by atoms with Crippen molar-refractivity contribution >= 4 is 5.69 Å². The van der Waals surface area contributed by atoms with Crippen LogP contribution >= 0.6 is 0 Å². The smallest absolute Gasteiger partial charge is 0.0403 e. The Balaban J connectivity index is 3.11. The molecule has 84 valence electrons. The Kier molecular flexibility index (Phi) is 4.19. The topological polar surface area (TPSA) is 3.24 Å².